The van der Waals surface area contributed by atoms with E-state index >= 15 is 0 Å². The van der Waals surface area contributed by atoms with Gasteiger partial charge in [-0.05, 0) is 55.7 Å². The Balaban J connectivity index is 2.08. The number of carbonyl (C=O) groups is 1. The number of aromatic amines is 1. The molecular formula is C22H28N2O3S2. The first-order valence-electron chi connectivity index (χ1n) is 9.05. The van der Waals surface area contributed by atoms with Crippen molar-refractivity contribution in [3.8, 4) is 5.75 Å². The Kier molecular flexibility index (Phi) is 5.49. The Morgan fingerprint density at radius 2 is 1.59 bits per heavy atom. The number of hydrogen-bond acceptors (Lipinski definition) is 3. The highest BCUT2D eigenvalue weighted by Gasteiger charge is 2.23. The molecule has 3 N–H and O–H groups in total. The van der Waals surface area contributed by atoms with E-state index in [1.165, 1.54) is 6.20 Å². The van der Waals surface area contributed by atoms with Crippen LogP contribution in [0.5, 0.6) is 5.75 Å². The zero-order valence-electron chi connectivity index (χ0n) is 17.6. The summed E-state index contributed by atoms with van der Waals surface area (Å²) in [5, 5.41) is 13.9. The maximum absolute atomic E-state index is 13.0. The van der Waals surface area contributed by atoms with Crippen LogP contribution in [-0.2, 0) is 0 Å². The number of aromatic hydroxyl groups is 1. The minimum absolute atomic E-state index is 0.0450. The molecule has 1 aromatic heterocycles. The molecule has 29 heavy (non-hydrogen) atoms. The number of aromatic nitrogens is 1. The van der Waals surface area contributed by atoms with E-state index in [-0.39, 0.29) is 16.7 Å². The molecule has 0 aliphatic rings. The second-order valence-corrected chi connectivity index (χ2v) is 16.7. The summed E-state index contributed by atoms with van der Waals surface area (Å²) in [5.74, 6) is -0.320. The van der Waals surface area contributed by atoms with Gasteiger partial charge in [0, 0.05) is 33.0 Å². The number of carbonyl (C=O) groups excluding carboxylic acids is 1. The molecule has 1 amide bonds. The highest BCUT2D eigenvalue weighted by molar-refractivity contribution is 8.33. The number of benzene rings is 2. The van der Waals surface area contributed by atoms with Crippen molar-refractivity contribution in [2.45, 2.75) is 9.79 Å². The van der Waals surface area contributed by atoms with E-state index in [4.69, 9.17) is 0 Å². The van der Waals surface area contributed by atoms with Crippen molar-refractivity contribution in [3.63, 3.8) is 0 Å². The lowest BCUT2D eigenvalue weighted by Crippen LogP contribution is -2.22. The number of rotatable bonds is 4. The minimum atomic E-state index is -1.20. The SMILES string of the molecule is CS(C)(C)c1cc(S(C)(C)C)c(NC(=O)c2c[nH]c3ccccc3c2=O)cc1O. The molecule has 0 spiro atoms. The predicted octanol–water partition coefficient (Wildman–Crippen LogP) is 4.59. The van der Waals surface area contributed by atoms with Crippen molar-refractivity contribution in [1.29, 1.82) is 0 Å². The molecule has 0 aliphatic heterocycles. The van der Waals surface area contributed by atoms with Crippen LogP contribution in [0, 0.1) is 0 Å². The molecule has 0 aliphatic carbocycles. The van der Waals surface area contributed by atoms with Gasteiger partial charge in [0.1, 0.15) is 11.3 Å². The largest absolute Gasteiger partial charge is 0.507 e. The molecule has 7 heteroatoms. The van der Waals surface area contributed by atoms with Crippen molar-refractivity contribution in [1.82, 2.24) is 4.98 Å². The van der Waals surface area contributed by atoms with Crippen molar-refractivity contribution in [3.05, 3.63) is 58.4 Å². The summed E-state index contributed by atoms with van der Waals surface area (Å²) in [5.41, 5.74) is 0.962. The maximum Gasteiger partial charge on any atom is 0.261 e. The fraction of sp³-hybridized carbons (Fsp3) is 0.273. The first-order valence-corrected chi connectivity index (χ1v) is 14.8. The van der Waals surface area contributed by atoms with Gasteiger partial charge in [0.25, 0.3) is 5.91 Å². The van der Waals surface area contributed by atoms with Crippen molar-refractivity contribution >= 4 is 42.6 Å². The third-order valence-corrected chi connectivity index (χ3v) is 7.97. The van der Waals surface area contributed by atoms with Crippen molar-refractivity contribution in [2.24, 2.45) is 0 Å². The average Bonchev–Trinajstić information content (AvgIpc) is 2.60. The van der Waals surface area contributed by atoms with Gasteiger partial charge in [-0.2, -0.15) is 0 Å². The molecular weight excluding hydrogens is 404 g/mol. The Morgan fingerprint density at radius 1 is 0.966 bits per heavy atom. The topological polar surface area (TPSA) is 82.2 Å². The van der Waals surface area contributed by atoms with Gasteiger partial charge in [-0.15, -0.1) is 0 Å². The molecule has 0 saturated carbocycles. The predicted molar refractivity (Wildman–Crippen MR) is 128 cm³/mol. The number of para-hydroxylation sites is 1. The molecule has 0 bridgehead atoms. The zero-order chi connectivity index (χ0) is 21.6. The van der Waals surface area contributed by atoms with Crippen molar-refractivity contribution in [2.75, 3.05) is 42.9 Å². The number of fused-ring (bicyclic) bond motifs is 1. The quantitative estimate of drug-likeness (QED) is 0.564. The lowest BCUT2D eigenvalue weighted by Gasteiger charge is -2.33. The number of anilines is 1. The number of nitrogens with one attached hydrogen (secondary N) is 2. The Labute approximate surface area is 174 Å². The molecule has 0 fully saturated rings. The lowest BCUT2D eigenvalue weighted by atomic mass is 10.1. The first kappa shape index (κ1) is 21.3. The van der Waals surface area contributed by atoms with Crippen LogP contribution in [0.3, 0.4) is 0 Å². The van der Waals surface area contributed by atoms with Gasteiger partial charge in [-0.1, -0.05) is 12.1 Å². The van der Waals surface area contributed by atoms with Crippen molar-refractivity contribution < 1.29 is 9.90 Å². The Morgan fingerprint density at radius 3 is 2.21 bits per heavy atom. The van der Waals surface area contributed by atoms with Gasteiger partial charge < -0.3 is 15.4 Å². The van der Waals surface area contributed by atoms with E-state index in [1.54, 1.807) is 24.3 Å². The molecule has 3 aromatic rings. The summed E-state index contributed by atoms with van der Waals surface area (Å²) in [6, 6.07) is 10.7. The third-order valence-electron chi connectivity index (χ3n) is 4.66. The second kappa shape index (κ2) is 7.46. The number of amides is 1. The second-order valence-electron chi connectivity index (χ2n) is 8.52. The van der Waals surface area contributed by atoms with Crippen LogP contribution in [0.1, 0.15) is 10.4 Å². The van der Waals surface area contributed by atoms with Crippen LogP contribution in [0.4, 0.5) is 5.69 Å². The van der Waals surface area contributed by atoms with E-state index in [0.717, 1.165) is 9.79 Å². The monoisotopic (exact) mass is 432 g/mol. The molecule has 2 aromatic carbocycles. The smallest absolute Gasteiger partial charge is 0.261 e. The third kappa shape index (κ3) is 4.31. The number of H-pyrrole nitrogens is 1. The van der Waals surface area contributed by atoms with E-state index in [1.807, 2.05) is 12.1 Å². The molecule has 5 nitrogen and oxygen atoms in total. The highest BCUT2D eigenvalue weighted by Crippen LogP contribution is 2.57. The average molecular weight is 433 g/mol. The van der Waals surface area contributed by atoms with Crippen LogP contribution in [0.2, 0.25) is 0 Å². The summed E-state index contributed by atoms with van der Waals surface area (Å²) >= 11 is 0. The summed E-state index contributed by atoms with van der Waals surface area (Å²) in [4.78, 5) is 30.6. The van der Waals surface area contributed by atoms with E-state index in [0.29, 0.717) is 16.6 Å². The van der Waals surface area contributed by atoms with E-state index in [9.17, 15) is 14.7 Å². The number of phenols is 1. The lowest BCUT2D eigenvalue weighted by molar-refractivity contribution is 0.102. The first-order chi connectivity index (χ1) is 13.4. The number of hydrogen-bond donors (Lipinski definition) is 3. The zero-order valence-corrected chi connectivity index (χ0v) is 19.3. The van der Waals surface area contributed by atoms with E-state index in [2.05, 4.69) is 47.8 Å². The van der Waals surface area contributed by atoms with E-state index < -0.39 is 26.0 Å². The minimum Gasteiger partial charge on any atom is -0.507 e. The molecule has 0 unspecified atom stereocenters. The van der Waals surface area contributed by atoms with Crippen LogP contribution < -0.4 is 10.7 Å². The van der Waals surface area contributed by atoms with Gasteiger partial charge in [-0.25, -0.2) is 20.1 Å². The Hall–Kier alpha value is -2.38. The van der Waals surface area contributed by atoms with Gasteiger partial charge >= 0.3 is 0 Å². The van der Waals surface area contributed by atoms with Crippen LogP contribution >= 0.6 is 20.1 Å². The summed E-state index contributed by atoms with van der Waals surface area (Å²) in [6.45, 7) is 0. The fourth-order valence-corrected chi connectivity index (χ4v) is 5.64. The number of phenolic OH excluding ortho intramolecular Hbond substituents is 1. The van der Waals surface area contributed by atoms with Crippen LogP contribution in [0.15, 0.2) is 57.2 Å². The van der Waals surface area contributed by atoms with Gasteiger partial charge in [0.05, 0.1) is 5.69 Å². The normalized spacial score (nSPS) is 13.3. The standard InChI is InChI=1S/C22H28N2O3S2/c1-28(2,3)19-12-20(29(4,5)6)18(25)11-17(19)24-22(27)15-13-23-16-10-8-7-9-14(16)21(15)26/h7-13,25H,1-6H3,(H,23,26)(H,24,27). The summed E-state index contributed by atoms with van der Waals surface area (Å²) in [7, 11) is -2.35. The van der Waals surface area contributed by atoms with Gasteiger partial charge in [0.2, 0.25) is 5.43 Å². The molecule has 0 atom stereocenters. The van der Waals surface area contributed by atoms with Gasteiger partial charge in [0.15, 0.2) is 0 Å². The molecule has 3 rings (SSSR count). The van der Waals surface area contributed by atoms with Crippen LogP contribution in [0.25, 0.3) is 10.9 Å². The highest BCUT2D eigenvalue weighted by atomic mass is 32.3. The molecule has 1 heterocycles. The maximum atomic E-state index is 13.0. The van der Waals surface area contributed by atoms with Gasteiger partial charge in [-0.3, -0.25) is 9.59 Å². The summed E-state index contributed by atoms with van der Waals surface area (Å²) in [6.07, 6.45) is 14.2. The van der Waals surface area contributed by atoms with Crippen LogP contribution in [-0.4, -0.2) is 53.5 Å². The Bertz CT molecular complexity index is 1160. The molecule has 156 valence electrons. The number of pyridine rings is 1. The molecule has 0 radical (unpaired) electrons. The summed E-state index contributed by atoms with van der Waals surface area (Å²) < 4.78 is 0. The molecule has 0 saturated heterocycles. The fourth-order valence-electron chi connectivity index (χ4n) is 3.17.